The molecule has 5 nitrogen and oxygen atoms in total. The summed E-state index contributed by atoms with van der Waals surface area (Å²) in [5.41, 5.74) is 5.41. The molecule has 16 heavy (non-hydrogen) atoms. The van der Waals surface area contributed by atoms with Gasteiger partial charge < -0.3 is 15.4 Å². The Morgan fingerprint density at radius 2 is 1.94 bits per heavy atom. The Balaban J connectivity index is 1.74. The molecule has 92 valence electrons. The summed E-state index contributed by atoms with van der Waals surface area (Å²) in [6.07, 6.45) is 1.71. The van der Waals surface area contributed by atoms with Crippen LogP contribution in [0.1, 0.15) is 12.8 Å². The summed E-state index contributed by atoms with van der Waals surface area (Å²) in [7, 11) is 1.71. The molecule has 0 aromatic heterocycles. The van der Waals surface area contributed by atoms with Crippen molar-refractivity contribution in [3.63, 3.8) is 0 Å². The zero-order valence-electron chi connectivity index (χ0n) is 9.95. The van der Waals surface area contributed by atoms with Gasteiger partial charge in [-0.15, -0.1) is 0 Å². The fraction of sp³-hybridized carbons (Fsp3) is 0.909. The first-order valence-electron chi connectivity index (χ1n) is 5.95. The van der Waals surface area contributed by atoms with E-state index >= 15 is 0 Å². The van der Waals surface area contributed by atoms with E-state index in [9.17, 15) is 4.79 Å². The molecule has 1 amide bonds. The third-order valence-corrected chi connectivity index (χ3v) is 3.49. The number of amides is 1. The van der Waals surface area contributed by atoms with Gasteiger partial charge in [0.1, 0.15) is 0 Å². The SMILES string of the molecule is COCCN1CCN(C(=O)C2(N)CC2)CC1. The molecule has 5 heteroatoms. The molecule has 1 saturated carbocycles. The Kier molecular flexibility index (Phi) is 3.47. The summed E-state index contributed by atoms with van der Waals surface area (Å²) in [4.78, 5) is 16.2. The van der Waals surface area contributed by atoms with Crippen LogP contribution in [0.15, 0.2) is 0 Å². The zero-order valence-corrected chi connectivity index (χ0v) is 9.95. The van der Waals surface area contributed by atoms with Crippen molar-refractivity contribution in [1.82, 2.24) is 9.80 Å². The summed E-state index contributed by atoms with van der Waals surface area (Å²) >= 11 is 0. The highest BCUT2D eigenvalue weighted by Gasteiger charge is 2.48. The minimum Gasteiger partial charge on any atom is -0.383 e. The van der Waals surface area contributed by atoms with Gasteiger partial charge >= 0.3 is 0 Å². The molecule has 1 saturated heterocycles. The fourth-order valence-electron chi connectivity index (χ4n) is 2.06. The molecular formula is C11H21N3O2. The van der Waals surface area contributed by atoms with E-state index < -0.39 is 5.54 Å². The van der Waals surface area contributed by atoms with Crippen LogP contribution < -0.4 is 5.73 Å². The number of ether oxygens (including phenoxy) is 1. The number of nitrogens with zero attached hydrogens (tertiary/aromatic N) is 2. The smallest absolute Gasteiger partial charge is 0.242 e. The maximum Gasteiger partial charge on any atom is 0.242 e. The highest BCUT2D eigenvalue weighted by Crippen LogP contribution is 2.34. The quantitative estimate of drug-likeness (QED) is 0.688. The van der Waals surface area contributed by atoms with Crippen molar-refractivity contribution in [2.24, 2.45) is 5.73 Å². The van der Waals surface area contributed by atoms with Gasteiger partial charge in [-0.05, 0) is 12.8 Å². The summed E-state index contributed by atoms with van der Waals surface area (Å²) < 4.78 is 5.04. The number of rotatable bonds is 4. The lowest BCUT2D eigenvalue weighted by Crippen LogP contribution is -2.54. The Morgan fingerprint density at radius 3 is 2.44 bits per heavy atom. The maximum absolute atomic E-state index is 12.0. The molecule has 0 atom stereocenters. The monoisotopic (exact) mass is 227 g/mol. The molecule has 2 aliphatic rings. The lowest BCUT2D eigenvalue weighted by Gasteiger charge is -2.35. The van der Waals surface area contributed by atoms with Gasteiger partial charge in [0, 0.05) is 39.8 Å². The summed E-state index contributed by atoms with van der Waals surface area (Å²) in [5, 5.41) is 0. The number of carbonyl (C=O) groups is 1. The van der Waals surface area contributed by atoms with Crippen molar-refractivity contribution in [3.8, 4) is 0 Å². The van der Waals surface area contributed by atoms with E-state index in [4.69, 9.17) is 10.5 Å². The van der Waals surface area contributed by atoms with Crippen LogP contribution in [-0.2, 0) is 9.53 Å². The second kappa shape index (κ2) is 4.69. The average Bonchev–Trinajstić information content (AvgIpc) is 3.06. The van der Waals surface area contributed by atoms with Gasteiger partial charge in [0.2, 0.25) is 5.91 Å². The molecular weight excluding hydrogens is 206 g/mol. The molecule has 0 radical (unpaired) electrons. The van der Waals surface area contributed by atoms with E-state index in [0.717, 1.165) is 52.2 Å². The van der Waals surface area contributed by atoms with E-state index in [2.05, 4.69) is 4.90 Å². The molecule has 2 rings (SSSR count). The van der Waals surface area contributed by atoms with Crippen molar-refractivity contribution in [1.29, 1.82) is 0 Å². The van der Waals surface area contributed by atoms with E-state index in [1.807, 2.05) is 4.90 Å². The number of carbonyl (C=O) groups excluding carboxylic acids is 1. The lowest BCUT2D eigenvalue weighted by atomic mass is 10.2. The van der Waals surface area contributed by atoms with Crippen LogP contribution in [0.2, 0.25) is 0 Å². The van der Waals surface area contributed by atoms with Gasteiger partial charge in [-0.1, -0.05) is 0 Å². The largest absolute Gasteiger partial charge is 0.383 e. The molecule has 1 aliphatic heterocycles. The van der Waals surface area contributed by atoms with Crippen molar-refractivity contribution in [2.45, 2.75) is 18.4 Å². The minimum absolute atomic E-state index is 0.152. The molecule has 0 aromatic carbocycles. The predicted molar refractivity (Wildman–Crippen MR) is 61.0 cm³/mol. The average molecular weight is 227 g/mol. The minimum atomic E-state index is -0.505. The first-order chi connectivity index (χ1) is 7.65. The van der Waals surface area contributed by atoms with Gasteiger partial charge in [-0.25, -0.2) is 0 Å². The van der Waals surface area contributed by atoms with Crippen LogP contribution in [0.4, 0.5) is 0 Å². The van der Waals surface area contributed by atoms with Crippen molar-refractivity contribution in [3.05, 3.63) is 0 Å². The van der Waals surface area contributed by atoms with Crippen LogP contribution in [0.25, 0.3) is 0 Å². The second-order valence-electron chi connectivity index (χ2n) is 4.78. The van der Waals surface area contributed by atoms with Gasteiger partial charge in [0.25, 0.3) is 0 Å². The number of nitrogens with two attached hydrogens (primary N) is 1. The third kappa shape index (κ3) is 2.53. The molecule has 1 aliphatic carbocycles. The van der Waals surface area contributed by atoms with Crippen molar-refractivity contribution >= 4 is 5.91 Å². The number of hydrogen-bond donors (Lipinski definition) is 1. The van der Waals surface area contributed by atoms with E-state index in [-0.39, 0.29) is 5.91 Å². The van der Waals surface area contributed by atoms with Gasteiger partial charge in [-0.2, -0.15) is 0 Å². The normalized spacial score (nSPS) is 24.5. The van der Waals surface area contributed by atoms with Crippen LogP contribution in [0.5, 0.6) is 0 Å². The second-order valence-corrected chi connectivity index (χ2v) is 4.78. The van der Waals surface area contributed by atoms with Gasteiger partial charge in [0.05, 0.1) is 12.1 Å². The highest BCUT2D eigenvalue weighted by molar-refractivity contribution is 5.89. The highest BCUT2D eigenvalue weighted by atomic mass is 16.5. The fourth-order valence-corrected chi connectivity index (χ4v) is 2.06. The summed E-state index contributed by atoms with van der Waals surface area (Å²) in [6.45, 7) is 5.19. The van der Waals surface area contributed by atoms with E-state index in [1.54, 1.807) is 7.11 Å². The standard InChI is InChI=1S/C11H21N3O2/c1-16-9-8-13-4-6-14(7-5-13)10(15)11(12)2-3-11/h2-9,12H2,1H3. The predicted octanol–water partition coefficient (Wildman–Crippen LogP) is -0.732. The zero-order chi connectivity index (χ0) is 11.6. The van der Waals surface area contributed by atoms with Gasteiger partial charge in [-0.3, -0.25) is 9.69 Å². The lowest BCUT2D eigenvalue weighted by molar-refractivity contribution is -0.135. The van der Waals surface area contributed by atoms with Crippen molar-refractivity contribution < 1.29 is 9.53 Å². The molecule has 0 unspecified atom stereocenters. The molecule has 0 aromatic rings. The molecule has 0 bridgehead atoms. The Bertz CT molecular complexity index is 258. The first-order valence-corrected chi connectivity index (χ1v) is 5.95. The molecule has 2 fully saturated rings. The van der Waals surface area contributed by atoms with E-state index in [0.29, 0.717) is 0 Å². The molecule has 0 spiro atoms. The third-order valence-electron chi connectivity index (χ3n) is 3.49. The molecule has 1 heterocycles. The topological polar surface area (TPSA) is 58.8 Å². The number of hydrogen-bond acceptors (Lipinski definition) is 4. The van der Waals surface area contributed by atoms with Crippen LogP contribution in [0.3, 0.4) is 0 Å². The number of methoxy groups -OCH3 is 1. The maximum atomic E-state index is 12.0. The van der Waals surface area contributed by atoms with Crippen molar-refractivity contribution in [2.75, 3.05) is 46.4 Å². The summed E-state index contributed by atoms with van der Waals surface area (Å²) in [6, 6.07) is 0. The summed E-state index contributed by atoms with van der Waals surface area (Å²) in [5.74, 6) is 0.152. The first kappa shape index (κ1) is 11.8. The van der Waals surface area contributed by atoms with Crippen LogP contribution >= 0.6 is 0 Å². The van der Waals surface area contributed by atoms with Crippen LogP contribution in [0, 0.1) is 0 Å². The van der Waals surface area contributed by atoms with Crippen LogP contribution in [-0.4, -0.2) is 67.7 Å². The Morgan fingerprint density at radius 1 is 1.31 bits per heavy atom. The Labute approximate surface area is 96.5 Å². The van der Waals surface area contributed by atoms with Gasteiger partial charge in [0.15, 0.2) is 0 Å². The number of piperazine rings is 1. The Hall–Kier alpha value is -0.650. The van der Waals surface area contributed by atoms with E-state index in [1.165, 1.54) is 0 Å². The molecule has 2 N–H and O–H groups in total.